The van der Waals surface area contributed by atoms with E-state index in [0.29, 0.717) is 51.8 Å². The molecule has 26 heavy (non-hydrogen) atoms. The molecule has 0 unspecified atom stereocenters. The molecule has 0 saturated carbocycles. The Bertz CT molecular complexity index is 557. The van der Waals surface area contributed by atoms with Crippen LogP contribution in [0.3, 0.4) is 0 Å². The number of hydrogen-bond donors (Lipinski definition) is 1. The van der Waals surface area contributed by atoms with Gasteiger partial charge < -0.3 is 19.9 Å². The maximum absolute atomic E-state index is 12.5. The second-order valence-corrected chi connectivity index (χ2v) is 6.56. The quantitative estimate of drug-likeness (QED) is 0.773. The van der Waals surface area contributed by atoms with Crippen molar-refractivity contribution in [1.29, 1.82) is 0 Å². The van der Waals surface area contributed by atoms with Gasteiger partial charge in [-0.1, -0.05) is 30.3 Å². The molecule has 0 atom stereocenters. The highest BCUT2D eigenvalue weighted by Gasteiger charge is 2.23. The molecule has 0 spiro atoms. The number of ether oxygens (including phenoxy) is 1. The third-order valence-electron chi connectivity index (χ3n) is 4.74. The molecule has 0 bridgehead atoms. The van der Waals surface area contributed by atoms with Gasteiger partial charge in [-0.05, 0) is 32.3 Å². The van der Waals surface area contributed by atoms with E-state index in [2.05, 4.69) is 5.32 Å². The van der Waals surface area contributed by atoms with Crippen LogP contribution in [0.4, 0.5) is 4.79 Å². The van der Waals surface area contributed by atoms with Gasteiger partial charge in [-0.25, -0.2) is 4.79 Å². The van der Waals surface area contributed by atoms with Crippen molar-refractivity contribution in [2.75, 3.05) is 32.8 Å². The number of carbonyl (C=O) groups excluding carboxylic acids is 2. The van der Waals surface area contributed by atoms with E-state index in [1.54, 1.807) is 4.90 Å². The maximum Gasteiger partial charge on any atom is 0.409 e. The van der Waals surface area contributed by atoms with E-state index < -0.39 is 0 Å². The molecule has 1 aliphatic rings. The number of likely N-dealkylation sites (tertiary alicyclic amines) is 1. The molecule has 1 saturated heterocycles. The van der Waals surface area contributed by atoms with Crippen LogP contribution in [0.2, 0.25) is 0 Å². The highest BCUT2D eigenvalue weighted by atomic mass is 16.6. The summed E-state index contributed by atoms with van der Waals surface area (Å²) in [6, 6.07) is 10.4. The van der Waals surface area contributed by atoms with Crippen LogP contribution < -0.4 is 5.32 Å². The van der Waals surface area contributed by atoms with Crippen LogP contribution in [0.15, 0.2) is 30.3 Å². The molecule has 1 aliphatic heterocycles. The van der Waals surface area contributed by atoms with Crippen LogP contribution in [0.25, 0.3) is 0 Å². The predicted molar refractivity (Wildman–Crippen MR) is 102 cm³/mol. The SMILES string of the molecule is CCOC(=O)N1CCC(NCCC(=O)N(CC)Cc2ccccc2)CC1. The molecule has 0 radical (unpaired) electrons. The second kappa shape index (κ2) is 10.8. The number of hydrogen-bond acceptors (Lipinski definition) is 4. The molecule has 144 valence electrons. The Kier molecular flexibility index (Phi) is 8.41. The summed E-state index contributed by atoms with van der Waals surface area (Å²) in [6.45, 7) is 7.71. The molecule has 1 heterocycles. The largest absolute Gasteiger partial charge is 0.450 e. The first-order valence-corrected chi connectivity index (χ1v) is 9.60. The minimum atomic E-state index is -0.222. The van der Waals surface area contributed by atoms with E-state index >= 15 is 0 Å². The molecule has 1 fully saturated rings. The van der Waals surface area contributed by atoms with Gasteiger partial charge in [0.25, 0.3) is 0 Å². The minimum Gasteiger partial charge on any atom is -0.450 e. The van der Waals surface area contributed by atoms with Crippen LogP contribution in [-0.4, -0.2) is 60.6 Å². The van der Waals surface area contributed by atoms with Gasteiger partial charge in [0, 0.05) is 45.2 Å². The summed E-state index contributed by atoms with van der Waals surface area (Å²) >= 11 is 0. The van der Waals surface area contributed by atoms with Crippen LogP contribution >= 0.6 is 0 Å². The first-order chi connectivity index (χ1) is 12.6. The lowest BCUT2D eigenvalue weighted by atomic mass is 10.1. The lowest BCUT2D eigenvalue weighted by Crippen LogP contribution is -2.45. The molecule has 6 nitrogen and oxygen atoms in total. The predicted octanol–water partition coefficient (Wildman–Crippen LogP) is 2.64. The van der Waals surface area contributed by atoms with Crippen molar-refractivity contribution >= 4 is 12.0 Å². The number of nitrogens with zero attached hydrogens (tertiary/aromatic N) is 2. The van der Waals surface area contributed by atoms with Crippen LogP contribution in [-0.2, 0) is 16.1 Å². The van der Waals surface area contributed by atoms with Crippen molar-refractivity contribution in [2.24, 2.45) is 0 Å². The summed E-state index contributed by atoms with van der Waals surface area (Å²) < 4.78 is 5.03. The fourth-order valence-electron chi connectivity index (χ4n) is 3.20. The van der Waals surface area contributed by atoms with Gasteiger partial charge in [-0.15, -0.1) is 0 Å². The molecular weight excluding hydrogens is 330 g/mol. The Morgan fingerprint density at radius 2 is 1.88 bits per heavy atom. The third-order valence-corrected chi connectivity index (χ3v) is 4.74. The number of amides is 2. The first-order valence-electron chi connectivity index (χ1n) is 9.60. The highest BCUT2D eigenvalue weighted by Crippen LogP contribution is 2.12. The molecule has 2 amide bonds. The monoisotopic (exact) mass is 361 g/mol. The van der Waals surface area contributed by atoms with E-state index in [1.807, 2.05) is 49.1 Å². The Hall–Kier alpha value is -2.08. The van der Waals surface area contributed by atoms with Crippen LogP contribution in [0.1, 0.15) is 38.7 Å². The Labute approximate surface area is 156 Å². The fourth-order valence-corrected chi connectivity index (χ4v) is 3.20. The smallest absolute Gasteiger partial charge is 0.409 e. The molecule has 2 rings (SSSR count). The number of benzene rings is 1. The Morgan fingerprint density at radius 1 is 1.19 bits per heavy atom. The molecule has 1 aromatic carbocycles. The van der Waals surface area contributed by atoms with Crippen LogP contribution in [0.5, 0.6) is 0 Å². The molecule has 1 N–H and O–H groups in total. The Morgan fingerprint density at radius 3 is 2.50 bits per heavy atom. The lowest BCUT2D eigenvalue weighted by molar-refractivity contribution is -0.131. The standard InChI is InChI=1S/C20H31N3O3/c1-3-22(16-17-8-6-5-7-9-17)19(24)10-13-21-18-11-14-23(15-12-18)20(25)26-4-2/h5-9,18,21H,3-4,10-16H2,1-2H3. The maximum atomic E-state index is 12.5. The van der Waals surface area contributed by atoms with E-state index in [-0.39, 0.29) is 12.0 Å². The van der Waals surface area contributed by atoms with E-state index in [4.69, 9.17) is 4.74 Å². The average molecular weight is 361 g/mol. The zero-order chi connectivity index (χ0) is 18.8. The summed E-state index contributed by atoms with van der Waals surface area (Å²) in [5, 5.41) is 3.46. The first kappa shape index (κ1) is 20.2. The van der Waals surface area contributed by atoms with Crippen molar-refractivity contribution in [3.05, 3.63) is 35.9 Å². The zero-order valence-corrected chi connectivity index (χ0v) is 15.9. The molecule has 0 aliphatic carbocycles. The number of piperidine rings is 1. The molecule has 6 heteroatoms. The fraction of sp³-hybridized carbons (Fsp3) is 0.600. The van der Waals surface area contributed by atoms with Gasteiger partial charge in [-0.3, -0.25) is 4.79 Å². The van der Waals surface area contributed by atoms with E-state index in [9.17, 15) is 9.59 Å². The van der Waals surface area contributed by atoms with Crippen LogP contribution in [0, 0.1) is 0 Å². The molecule has 1 aromatic rings. The zero-order valence-electron chi connectivity index (χ0n) is 15.9. The van der Waals surface area contributed by atoms with Gasteiger partial charge in [0.2, 0.25) is 5.91 Å². The molecule has 0 aromatic heterocycles. The van der Waals surface area contributed by atoms with E-state index in [1.165, 1.54) is 0 Å². The highest BCUT2D eigenvalue weighted by molar-refractivity contribution is 5.76. The van der Waals surface area contributed by atoms with E-state index in [0.717, 1.165) is 18.4 Å². The topological polar surface area (TPSA) is 61.9 Å². The van der Waals surface area contributed by atoms with Crippen molar-refractivity contribution in [3.63, 3.8) is 0 Å². The van der Waals surface area contributed by atoms with Gasteiger partial charge in [-0.2, -0.15) is 0 Å². The lowest BCUT2D eigenvalue weighted by Gasteiger charge is -2.31. The van der Waals surface area contributed by atoms with Crippen molar-refractivity contribution in [2.45, 2.75) is 45.7 Å². The van der Waals surface area contributed by atoms with Gasteiger partial charge >= 0.3 is 6.09 Å². The number of nitrogens with one attached hydrogen (secondary N) is 1. The molecular formula is C20H31N3O3. The Balaban J connectivity index is 1.67. The second-order valence-electron chi connectivity index (χ2n) is 6.56. The summed E-state index contributed by atoms with van der Waals surface area (Å²) in [7, 11) is 0. The van der Waals surface area contributed by atoms with Crippen molar-refractivity contribution in [1.82, 2.24) is 15.1 Å². The minimum absolute atomic E-state index is 0.174. The summed E-state index contributed by atoms with van der Waals surface area (Å²) in [5.41, 5.74) is 1.15. The summed E-state index contributed by atoms with van der Waals surface area (Å²) in [6.07, 6.45) is 2.07. The van der Waals surface area contributed by atoms with Gasteiger partial charge in [0.1, 0.15) is 0 Å². The third kappa shape index (κ3) is 6.33. The number of carbonyl (C=O) groups is 2. The summed E-state index contributed by atoms with van der Waals surface area (Å²) in [4.78, 5) is 27.8. The van der Waals surface area contributed by atoms with Crippen molar-refractivity contribution < 1.29 is 14.3 Å². The normalized spacial score (nSPS) is 14.9. The van der Waals surface area contributed by atoms with Gasteiger partial charge in [0.15, 0.2) is 0 Å². The number of rotatable bonds is 8. The van der Waals surface area contributed by atoms with Crippen molar-refractivity contribution in [3.8, 4) is 0 Å². The van der Waals surface area contributed by atoms with Gasteiger partial charge in [0.05, 0.1) is 6.61 Å². The summed E-state index contributed by atoms with van der Waals surface area (Å²) in [5.74, 6) is 0.174. The average Bonchev–Trinajstić information content (AvgIpc) is 2.67.